The van der Waals surface area contributed by atoms with Gasteiger partial charge < -0.3 is 19.9 Å². The number of hydrogen-bond donors (Lipinski definition) is 2. The van der Waals surface area contributed by atoms with Crippen LogP contribution in [-0.4, -0.2) is 36.1 Å². The van der Waals surface area contributed by atoms with Gasteiger partial charge in [-0.3, -0.25) is 9.59 Å². The van der Waals surface area contributed by atoms with E-state index in [0.717, 1.165) is 29.7 Å². The van der Waals surface area contributed by atoms with Crippen molar-refractivity contribution in [1.82, 2.24) is 9.88 Å². The van der Waals surface area contributed by atoms with Gasteiger partial charge in [-0.15, -0.1) is 0 Å². The van der Waals surface area contributed by atoms with E-state index in [9.17, 15) is 9.59 Å². The Bertz CT molecular complexity index is 749. The van der Waals surface area contributed by atoms with Crippen LogP contribution in [0.3, 0.4) is 0 Å². The van der Waals surface area contributed by atoms with Crippen LogP contribution < -0.4 is 10.6 Å². The molecular weight excluding hydrogens is 306 g/mol. The molecule has 0 aliphatic carbocycles. The van der Waals surface area contributed by atoms with Gasteiger partial charge in [0.05, 0.1) is 6.61 Å². The van der Waals surface area contributed by atoms with Crippen LogP contribution in [0.2, 0.25) is 0 Å². The topological polar surface area (TPSA) is 72.4 Å². The van der Waals surface area contributed by atoms with E-state index in [-0.39, 0.29) is 24.3 Å². The number of anilines is 1. The summed E-state index contributed by atoms with van der Waals surface area (Å²) >= 11 is 0. The Balaban J connectivity index is 1.70. The van der Waals surface area contributed by atoms with Crippen LogP contribution in [0.1, 0.15) is 13.8 Å². The Kier molecular flexibility index (Phi) is 4.85. The van der Waals surface area contributed by atoms with Crippen molar-refractivity contribution in [2.45, 2.75) is 20.4 Å². The fraction of sp³-hybridized carbons (Fsp3) is 0.444. The molecule has 1 fully saturated rings. The molecule has 1 unspecified atom stereocenters. The van der Waals surface area contributed by atoms with Gasteiger partial charge in [0.15, 0.2) is 0 Å². The number of carbonyl (C=O) groups excluding carboxylic acids is 2. The highest BCUT2D eigenvalue weighted by Gasteiger charge is 2.28. The average molecular weight is 329 g/mol. The summed E-state index contributed by atoms with van der Waals surface area (Å²) in [6.45, 7) is 6.14. The van der Waals surface area contributed by atoms with Gasteiger partial charge in [-0.2, -0.15) is 0 Å². The molecule has 2 heterocycles. The molecule has 1 saturated heterocycles. The van der Waals surface area contributed by atoms with Gasteiger partial charge in [-0.25, -0.2) is 0 Å². The first-order chi connectivity index (χ1) is 11.6. The fourth-order valence-corrected chi connectivity index (χ4v) is 2.90. The molecule has 0 saturated carbocycles. The Morgan fingerprint density at radius 1 is 1.38 bits per heavy atom. The normalized spacial score (nSPS) is 15.8. The predicted molar refractivity (Wildman–Crippen MR) is 92.7 cm³/mol. The van der Waals surface area contributed by atoms with E-state index >= 15 is 0 Å². The highest BCUT2D eigenvalue weighted by molar-refractivity contribution is 5.95. The molecule has 0 bridgehead atoms. The van der Waals surface area contributed by atoms with Crippen LogP contribution in [0.4, 0.5) is 5.69 Å². The lowest BCUT2D eigenvalue weighted by atomic mass is 9.88. The van der Waals surface area contributed by atoms with Gasteiger partial charge in [0, 0.05) is 28.7 Å². The van der Waals surface area contributed by atoms with E-state index in [1.54, 1.807) is 6.92 Å². The zero-order valence-corrected chi connectivity index (χ0v) is 14.0. The van der Waals surface area contributed by atoms with Gasteiger partial charge >= 0.3 is 5.97 Å². The Hall–Kier alpha value is -2.34. The van der Waals surface area contributed by atoms with Crippen molar-refractivity contribution in [2.75, 3.05) is 25.0 Å². The minimum Gasteiger partial charge on any atom is -0.465 e. The molecule has 128 valence electrons. The van der Waals surface area contributed by atoms with Crippen LogP contribution >= 0.6 is 0 Å². The van der Waals surface area contributed by atoms with Crippen molar-refractivity contribution < 1.29 is 14.3 Å². The summed E-state index contributed by atoms with van der Waals surface area (Å²) in [6.07, 6.45) is 1.86. The van der Waals surface area contributed by atoms with Crippen LogP contribution in [0.25, 0.3) is 10.9 Å². The largest absolute Gasteiger partial charge is 0.465 e. The van der Waals surface area contributed by atoms with Gasteiger partial charge in [0.1, 0.15) is 6.54 Å². The zero-order chi connectivity index (χ0) is 17.1. The molecule has 3 rings (SSSR count). The predicted octanol–water partition coefficient (Wildman–Crippen LogP) is 2.00. The molecule has 1 aromatic carbocycles. The molecule has 1 atom stereocenters. The zero-order valence-electron chi connectivity index (χ0n) is 14.0. The summed E-state index contributed by atoms with van der Waals surface area (Å²) in [4.78, 5) is 23.9. The maximum atomic E-state index is 12.3. The van der Waals surface area contributed by atoms with Crippen molar-refractivity contribution in [3.8, 4) is 0 Å². The number of amides is 1. The number of esters is 1. The average Bonchev–Trinajstić information content (AvgIpc) is 2.88. The Labute approximate surface area is 141 Å². The summed E-state index contributed by atoms with van der Waals surface area (Å²) in [7, 11) is 0. The van der Waals surface area contributed by atoms with Crippen LogP contribution in [0.15, 0.2) is 30.5 Å². The highest BCUT2D eigenvalue weighted by Crippen LogP contribution is 2.23. The summed E-state index contributed by atoms with van der Waals surface area (Å²) in [6, 6.07) is 7.65. The second-order valence-electron chi connectivity index (χ2n) is 6.22. The molecule has 1 aromatic heterocycles. The SMILES string of the molecule is CCOC(=O)Cn1ccc2cc(NC(=O)C(C)C3CNC3)ccc21. The third kappa shape index (κ3) is 3.43. The third-order valence-corrected chi connectivity index (χ3v) is 4.58. The third-order valence-electron chi connectivity index (χ3n) is 4.58. The van der Waals surface area contributed by atoms with Crippen molar-refractivity contribution in [3.63, 3.8) is 0 Å². The van der Waals surface area contributed by atoms with Crippen molar-refractivity contribution in [3.05, 3.63) is 30.5 Å². The molecule has 0 radical (unpaired) electrons. The van der Waals surface area contributed by atoms with Crippen LogP contribution in [-0.2, 0) is 20.9 Å². The molecule has 2 aromatic rings. The first-order valence-corrected chi connectivity index (χ1v) is 8.34. The smallest absolute Gasteiger partial charge is 0.325 e. The molecule has 1 amide bonds. The minimum atomic E-state index is -0.254. The van der Waals surface area contributed by atoms with Gasteiger partial charge in [-0.05, 0) is 50.2 Å². The molecule has 1 aliphatic heterocycles. The van der Waals surface area contributed by atoms with E-state index in [2.05, 4.69) is 10.6 Å². The van der Waals surface area contributed by atoms with E-state index in [1.165, 1.54) is 0 Å². The maximum Gasteiger partial charge on any atom is 0.325 e. The number of ether oxygens (including phenoxy) is 1. The van der Waals surface area contributed by atoms with E-state index in [0.29, 0.717) is 12.5 Å². The summed E-state index contributed by atoms with van der Waals surface area (Å²) < 4.78 is 6.83. The van der Waals surface area contributed by atoms with Gasteiger partial charge in [-0.1, -0.05) is 6.92 Å². The van der Waals surface area contributed by atoms with Crippen molar-refractivity contribution >= 4 is 28.5 Å². The Morgan fingerprint density at radius 3 is 2.83 bits per heavy atom. The number of benzene rings is 1. The minimum absolute atomic E-state index is 0.00430. The second-order valence-corrected chi connectivity index (χ2v) is 6.22. The number of nitrogens with one attached hydrogen (secondary N) is 2. The lowest BCUT2D eigenvalue weighted by molar-refractivity contribution is -0.143. The number of carbonyl (C=O) groups is 2. The van der Waals surface area contributed by atoms with Gasteiger partial charge in [0.2, 0.25) is 5.91 Å². The van der Waals surface area contributed by atoms with E-state index in [4.69, 9.17) is 4.74 Å². The first kappa shape index (κ1) is 16.5. The molecule has 6 nitrogen and oxygen atoms in total. The monoisotopic (exact) mass is 329 g/mol. The lowest BCUT2D eigenvalue weighted by Crippen LogP contribution is -2.48. The summed E-state index contributed by atoms with van der Waals surface area (Å²) in [5.41, 5.74) is 1.72. The number of nitrogens with zero attached hydrogens (tertiary/aromatic N) is 1. The van der Waals surface area contributed by atoms with E-state index < -0.39 is 0 Å². The highest BCUT2D eigenvalue weighted by atomic mass is 16.5. The molecule has 2 N–H and O–H groups in total. The molecular formula is C18H23N3O3. The maximum absolute atomic E-state index is 12.3. The number of rotatable bonds is 6. The second kappa shape index (κ2) is 7.05. The molecule has 1 aliphatic rings. The lowest BCUT2D eigenvalue weighted by Gasteiger charge is -2.31. The number of fused-ring (bicyclic) bond motifs is 1. The standard InChI is InChI=1S/C18H23N3O3/c1-3-24-17(22)11-21-7-6-13-8-15(4-5-16(13)21)20-18(23)12(2)14-9-19-10-14/h4-8,12,14,19H,3,9-11H2,1-2H3,(H,20,23). The molecule has 24 heavy (non-hydrogen) atoms. The summed E-state index contributed by atoms with van der Waals surface area (Å²) in [5.74, 6) is 0.205. The first-order valence-electron chi connectivity index (χ1n) is 8.34. The van der Waals surface area contributed by atoms with Crippen molar-refractivity contribution in [2.24, 2.45) is 11.8 Å². The van der Waals surface area contributed by atoms with Crippen LogP contribution in [0, 0.1) is 11.8 Å². The number of hydrogen-bond acceptors (Lipinski definition) is 4. The fourth-order valence-electron chi connectivity index (χ4n) is 2.90. The van der Waals surface area contributed by atoms with Crippen molar-refractivity contribution in [1.29, 1.82) is 0 Å². The summed E-state index contributed by atoms with van der Waals surface area (Å²) in [5, 5.41) is 7.16. The quantitative estimate of drug-likeness (QED) is 0.795. The number of aromatic nitrogens is 1. The van der Waals surface area contributed by atoms with Gasteiger partial charge in [0.25, 0.3) is 0 Å². The molecule has 0 spiro atoms. The van der Waals surface area contributed by atoms with E-state index in [1.807, 2.05) is 42.0 Å². The molecule has 6 heteroatoms. The Morgan fingerprint density at radius 2 is 2.17 bits per heavy atom. The van der Waals surface area contributed by atoms with Crippen LogP contribution in [0.5, 0.6) is 0 Å².